The maximum Gasteiger partial charge on any atom is 0.294 e. The van der Waals surface area contributed by atoms with Crippen LogP contribution in [0.3, 0.4) is 0 Å². The molecule has 0 heterocycles. The summed E-state index contributed by atoms with van der Waals surface area (Å²) >= 11 is 0. The zero-order valence-electron chi connectivity index (χ0n) is 6.47. The first-order valence-corrected chi connectivity index (χ1v) is 4.55. The molecule has 0 aliphatic heterocycles. The molecule has 0 radical (unpaired) electrons. The third kappa shape index (κ3) is 3.90. The molecule has 1 N–H and O–H groups in total. The van der Waals surface area contributed by atoms with Crippen molar-refractivity contribution in [3.05, 3.63) is 48.4 Å². The lowest BCUT2D eigenvalue weighted by atomic mass is 10.4. The third-order valence-electron chi connectivity index (χ3n) is 1.01. The van der Waals surface area contributed by atoms with Crippen molar-refractivity contribution in [2.75, 3.05) is 0 Å². The molecular weight excluding hydrogens is 176 g/mol. The quantitative estimate of drug-likeness (QED) is 0.537. The Balaban J connectivity index is 4.80. The van der Waals surface area contributed by atoms with Gasteiger partial charge in [-0.3, -0.25) is 4.55 Å². The molecule has 0 aromatic carbocycles. The van der Waals surface area contributed by atoms with E-state index in [1.165, 1.54) is 24.3 Å². The zero-order chi connectivity index (χ0) is 9.61. The number of hydrogen-bond donors (Lipinski definition) is 1. The fourth-order valence-corrected chi connectivity index (χ4v) is 0.949. The summed E-state index contributed by atoms with van der Waals surface area (Å²) in [5, 5.41) is 0. The Morgan fingerprint density at radius 3 is 2.17 bits per heavy atom. The molecule has 0 fully saturated rings. The SMILES string of the molecule is C=C/C=C\C=C(/C=C)S(=O)(=O)O. The van der Waals surface area contributed by atoms with E-state index in [-0.39, 0.29) is 4.91 Å². The smallest absolute Gasteiger partial charge is 0.282 e. The highest BCUT2D eigenvalue weighted by Crippen LogP contribution is 2.04. The van der Waals surface area contributed by atoms with E-state index in [0.717, 1.165) is 6.08 Å². The summed E-state index contributed by atoms with van der Waals surface area (Å²) in [4.78, 5) is -0.236. The van der Waals surface area contributed by atoms with Crippen LogP contribution in [-0.2, 0) is 10.1 Å². The van der Waals surface area contributed by atoms with Crippen LogP contribution in [0.5, 0.6) is 0 Å². The maximum absolute atomic E-state index is 10.5. The molecule has 0 unspecified atom stereocenters. The van der Waals surface area contributed by atoms with Gasteiger partial charge in [0.15, 0.2) is 0 Å². The fraction of sp³-hybridized carbons (Fsp3) is 0. The van der Waals surface area contributed by atoms with Gasteiger partial charge >= 0.3 is 0 Å². The van der Waals surface area contributed by atoms with Gasteiger partial charge in [-0.15, -0.1) is 0 Å². The molecule has 12 heavy (non-hydrogen) atoms. The lowest BCUT2D eigenvalue weighted by molar-refractivity contribution is 0.492. The van der Waals surface area contributed by atoms with Crippen LogP contribution in [0.2, 0.25) is 0 Å². The Bertz CT molecular complexity index is 320. The van der Waals surface area contributed by atoms with Crippen molar-refractivity contribution in [3.63, 3.8) is 0 Å². The van der Waals surface area contributed by atoms with E-state index in [0.29, 0.717) is 0 Å². The molecule has 0 aromatic heterocycles. The van der Waals surface area contributed by atoms with Gasteiger partial charge in [0.1, 0.15) is 0 Å². The second-order valence-electron chi connectivity index (χ2n) is 1.87. The normalized spacial score (nSPS) is 13.2. The first-order chi connectivity index (χ1) is 5.52. The van der Waals surface area contributed by atoms with Gasteiger partial charge in [0.05, 0.1) is 4.91 Å². The lowest BCUT2D eigenvalue weighted by Gasteiger charge is -1.92. The fourth-order valence-electron chi connectivity index (χ4n) is 0.488. The van der Waals surface area contributed by atoms with Gasteiger partial charge in [-0.25, -0.2) is 0 Å². The predicted molar refractivity (Wildman–Crippen MR) is 49.2 cm³/mol. The number of allylic oxidation sites excluding steroid dienone is 5. The Kier molecular flexibility index (Phi) is 4.25. The first-order valence-electron chi connectivity index (χ1n) is 3.11. The number of hydrogen-bond acceptors (Lipinski definition) is 2. The van der Waals surface area contributed by atoms with Gasteiger partial charge in [-0.2, -0.15) is 8.42 Å². The molecule has 0 atom stereocenters. The molecule has 0 saturated heterocycles. The minimum Gasteiger partial charge on any atom is -0.282 e. The molecule has 4 heteroatoms. The van der Waals surface area contributed by atoms with Gasteiger partial charge in [0.2, 0.25) is 0 Å². The molecule has 0 aliphatic carbocycles. The van der Waals surface area contributed by atoms with Gasteiger partial charge < -0.3 is 0 Å². The molecule has 0 rings (SSSR count). The highest BCUT2D eigenvalue weighted by molar-refractivity contribution is 7.90. The summed E-state index contributed by atoms with van der Waals surface area (Å²) in [6.07, 6.45) is 6.75. The van der Waals surface area contributed by atoms with Crippen molar-refractivity contribution in [3.8, 4) is 0 Å². The van der Waals surface area contributed by atoms with Crippen molar-refractivity contribution in [2.24, 2.45) is 0 Å². The predicted octanol–water partition coefficient (Wildman–Crippen LogP) is 1.69. The van der Waals surface area contributed by atoms with E-state index in [2.05, 4.69) is 13.2 Å². The van der Waals surface area contributed by atoms with E-state index in [4.69, 9.17) is 4.55 Å². The summed E-state index contributed by atoms with van der Waals surface area (Å²) in [5.74, 6) is 0. The average molecular weight is 186 g/mol. The molecule has 0 amide bonds. The second kappa shape index (κ2) is 4.69. The van der Waals surface area contributed by atoms with Crippen LogP contribution in [0.4, 0.5) is 0 Å². The molecule has 0 aliphatic rings. The van der Waals surface area contributed by atoms with Crippen molar-refractivity contribution in [2.45, 2.75) is 0 Å². The monoisotopic (exact) mass is 186 g/mol. The summed E-state index contributed by atoms with van der Waals surface area (Å²) in [5.41, 5.74) is 0. The summed E-state index contributed by atoms with van der Waals surface area (Å²) in [7, 11) is -4.14. The van der Waals surface area contributed by atoms with Crippen molar-refractivity contribution in [1.82, 2.24) is 0 Å². The number of rotatable bonds is 4. The molecule has 0 bridgehead atoms. The molecular formula is C8H10O3S. The lowest BCUT2D eigenvalue weighted by Crippen LogP contribution is -1.98. The van der Waals surface area contributed by atoms with Crippen LogP contribution in [0.1, 0.15) is 0 Å². The molecule has 0 saturated carbocycles. The Morgan fingerprint density at radius 2 is 1.83 bits per heavy atom. The summed E-state index contributed by atoms with van der Waals surface area (Å²) < 4.78 is 29.6. The zero-order valence-corrected chi connectivity index (χ0v) is 7.29. The second-order valence-corrected chi connectivity index (χ2v) is 3.29. The average Bonchev–Trinajstić information content (AvgIpc) is 1.95. The van der Waals surface area contributed by atoms with Gasteiger partial charge in [-0.1, -0.05) is 31.4 Å². The summed E-state index contributed by atoms with van der Waals surface area (Å²) in [6.45, 7) is 6.63. The van der Waals surface area contributed by atoms with Gasteiger partial charge in [0, 0.05) is 0 Å². The van der Waals surface area contributed by atoms with Crippen LogP contribution in [-0.4, -0.2) is 13.0 Å². The highest BCUT2D eigenvalue weighted by Gasteiger charge is 2.07. The minimum absolute atomic E-state index is 0.236. The molecule has 3 nitrogen and oxygen atoms in total. The first kappa shape index (κ1) is 10.9. The van der Waals surface area contributed by atoms with Crippen molar-refractivity contribution >= 4 is 10.1 Å². The van der Waals surface area contributed by atoms with E-state index in [1.807, 2.05) is 0 Å². The van der Waals surface area contributed by atoms with E-state index >= 15 is 0 Å². The minimum atomic E-state index is -4.14. The van der Waals surface area contributed by atoms with Crippen LogP contribution < -0.4 is 0 Å². The molecule has 0 aromatic rings. The van der Waals surface area contributed by atoms with E-state index in [1.54, 1.807) is 0 Å². The Morgan fingerprint density at radius 1 is 1.25 bits per heavy atom. The van der Waals surface area contributed by atoms with Crippen LogP contribution >= 0.6 is 0 Å². The largest absolute Gasteiger partial charge is 0.294 e. The van der Waals surface area contributed by atoms with E-state index < -0.39 is 10.1 Å². The van der Waals surface area contributed by atoms with E-state index in [9.17, 15) is 8.42 Å². The van der Waals surface area contributed by atoms with Crippen LogP contribution in [0.25, 0.3) is 0 Å². The maximum atomic E-state index is 10.5. The van der Waals surface area contributed by atoms with Crippen molar-refractivity contribution < 1.29 is 13.0 Å². The van der Waals surface area contributed by atoms with Gasteiger partial charge in [-0.05, 0) is 12.2 Å². The molecule has 66 valence electrons. The Labute approximate surface area is 72.2 Å². The van der Waals surface area contributed by atoms with Crippen molar-refractivity contribution in [1.29, 1.82) is 0 Å². The molecule has 0 spiro atoms. The van der Waals surface area contributed by atoms with Gasteiger partial charge in [0.25, 0.3) is 10.1 Å². The summed E-state index contributed by atoms with van der Waals surface area (Å²) in [6, 6.07) is 0. The topological polar surface area (TPSA) is 54.4 Å². The van der Waals surface area contributed by atoms with Crippen LogP contribution in [0, 0.1) is 0 Å². The third-order valence-corrected chi connectivity index (χ3v) is 1.91. The highest BCUT2D eigenvalue weighted by atomic mass is 32.2. The standard InChI is InChI=1S/C8H10O3S/c1-3-5-6-7-8(4-2)12(9,10)11/h3-7H,1-2H2,(H,9,10,11)/b6-5-,8-7+. The van der Waals surface area contributed by atoms with Crippen LogP contribution in [0.15, 0.2) is 48.4 Å². The Hall–Kier alpha value is -1.13.